The number of hydrogen-bond donors (Lipinski definition) is 1. The number of carbonyl (C=O) groups is 3. The summed E-state index contributed by atoms with van der Waals surface area (Å²) in [6, 6.07) is 11.6. The molecule has 1 heterocycles. The summed E-state index contributed by atoms with van der Waals surface area (Å²) >= 11 is 1.35. The number of esters is 1. The molecule has 0 spiro atoms. The van der Waals surface area contributed by atoms with Gasteiger partial charge in [-0.1, -0.05) is 31.2 Å². The molecule has 0 aliphatic carbocycles. The maximum atomic E-state index is 12.1. The van der Waals surface area contributed by atoms with Gasteiger partial charge in [0.15, 0.2) is 6.61 Å². The number of hydrogen-bond acceptors (Lipinski definition) is 5. The number of rotatable bonds is 8. The van der Waals surface area contributed by atoms with E-state index in [1.54, 1.807) is 13.1 Å². The molecule has 0 saturated heterocycles. The van der Waals surface area contributed by atoms with Gasteiger partial charge in [0.05, 0.1) is 4.88 Å². The van der Waals surface area contributed by atoms with Crippen molar-refractivity contribution in [1.29, 1.82) is 0 Å². The van der Waals surface area contributed by atoms with Crippen molar-refractivity contribution < 1.29 is 19.1 Å². The number of aryl methyl sites for hydroxylation is 2. The van der Waals surface area contributed by atoms with Crippen LogP contribution in [0.25, 0.3) is 0 Å². The summed E-state index contributed by atoms with van der Waals surface area (Å²) in [5, 5.41) is 2.49. The van der Waals surface area contributed by atoms with Gasteiger partial charge in [-0.25, -0.2) is 0 Å². The molecule has 2 aromatic rings. The lowest BCUT2D eigenvalue weighted by Crippen LogP contribution is -2.34. The minimum absolute atomic E-state index is 0.273. The third kappa shape index (κ3) is 6.53. The molecule has 7 heteroatoms. The number of nitrogens with one attached hydrogen (secondary N) is 1. The van der Waals surface area contributed by atoms with Crippen LogP contribution < -0.4 is 5.32 Å². The zero-order chi connectivity index (χ0) is 19.8. The van der Waals surface area contributed by atoms with Gasteiger partial charge in [-0.15, -0.1) is 11.3 Å². The highest BCUT2D eigenvalue weighted by Crippen LogP contribution is 2.14. The summed E-state index contributed by atoms with van der Waals surface area (Å²) in [5.41, 5.74) is 2.24. The van der Waals surface area contributed by atoms with Gasteiger partial charge in [0.2, 0.25) is 0 Å². The molecule has 0 unspecified atom stereocenters. The number of thiophene rings is 1. The summed E-state index contributed by atoms with van der Waals surface area (Å²) in [6.07, 6.45) is 0.966. The second kappa shape index (κ2) is 9.87. The first-order valence-electron chi connectivity index (χ1n) is 8.71. The van der Waals surface area contributed by atoms with Crippen LogP contribution >= 0.6 is 11.3 Å². The maximum Gasteiger partial charge on any atom is 0.325 e. The van der Waals surface area contributed by atoms with Crippen LogP contribution in [0.5, 0.6) is 0 Å². The zero-order valence-electron chi connectivity index (χ0n) is 15.8. The first-order chi connectivity index (χ1) is 12.9. The highest BCUT2D eigenvalue weighted by Gasteiger charge is 2.14. The lowest BCUT2D eigenvalue weighted by Gasteiger charge is -2.17. The van der Waals surface area contributed by atoms with Gasteiger partial charge in [-0.05, 0) is 36.6 Å². The average Bonchev–Trinajstić information content (AvgIpc) is 3.11. The molecule has 0 bridgehead atoms. The van der Waals surface area contributed by atoms with Crippen molar-refractivity contribution >= 4 is 29.1 Å². The van der Waals surface area contributed by atoms with Gasteiger partial charge in [0.25, 0.3) is 11.8 Å². The number of ether oxygens (including phenoxy) is 1. The van der Waals surface area contributed by atoms with E-state index in [-0.39, 0.29) is 25.0 Å². The lowest BCUT2D eigenvalue weighted by molar-refractivity contribution is -0.150. The van der Waals surface area contributed by atoms with Gasteiger partial charge in [0.1, 0.15) is 6.54 Å². The van der Waals surface area contributed by atoms with Gasteiger partial charge >= 0.3 is 5.97 Å². The fourth-order valence-electron chi connectivity index (χ4n) is 2.34. The second-order valence-corrected chi connectivity index (χ2v) is 7.46. The summed E-state index contributed by atoms with van der Waals surface area (Å²) in [5.74, 6) is -1.28. The molecule has 27 heavy (non-hydrogen) atoms. The number of likely N-dealkylation sites (N-methyl/N-ethyl adjacent to an activating group) is 1. The predicted molar refractivity (Wildman–Crippen MR) is 105 cm³/mol. The molecule has 0 radical (unpaired) electrons. The Morgan fingerprint density at radius 1 is 1.07 bits per heavy atom. The van der Waals surface area contributed by atoms with E-state index < -0.39 is 5.97 Å². The molecule has 144 valence electrons. The van der Waals surface area contributed by atoms with Crippen molar-refractivity contribution in [2.75, 3.05) is 20.2 Å². The molecule has 2 amide bonds. The van der Waals surface area contributed by atoms with E-state index in [0.717, 1.165) is 16.9 Å². The SMILES string of the molecule is CCc1ccc(CN(C)C(=O)COC(=O)CNC(=O)c2ccc(C)s2)cc1. The van der Waals surface area contributed by atoms with Gasteiger partial charge in [-0.2, -0.15) is 0 Å². The first-order valence-corrected chi connectivity index (χ1v) is 9.52. The Morgan fingerprint density at radius 3 is 2.33 bits per heavy atom. The largest absolute Gasteiger partial charge is 0.454 e. The Bertz CT molecular complexity index is 799. The van der Waals surface area contributed by atoms with E-state index >= 15 is 0 Å². The van der Waals surface area contributed by atoms with E-state index in [0.29, 0.717) is 11.4 Å². The second-order valence-electron chi connectivity index (χ2n) is 6.17. The van der Waals surface area contributed by atoms with E-state index in [1.165, 1.54) is 21.8 Å². The molecule has 0 atom stereocenters. The molecule has 0 fully saturated rings. The molecule has 0 aliphatic rings. The smallest absolute Gasteiger partial charge is 0.325 e. The highest BCUT2D eigenvalue weighted by molar-refractivity contribution is 7.13. The Morgan fingerprint density at radius 2 is 1.74 bits per heavy atom. The molecule has 2 rings (SSSR count). The van der Waals surface area contributed by atoms with Crippen molar-refractivity contribution in [3.05, 3.63) is 57.3 Å². The minimum Gasteiger partial charge on any atom is -0.454 e. The van der Waals surface area contributed by atoms with Crippen LogP contribution in [0.4, 0.5) is 0 Å². The standard InChI is InChI=1S/C20H24N2O4S/c1-4-15-6-8-16(9-7-15)12-22(3)18(23)13-26-19(24)11-21-20(25)17-10-5-14(2)27-17/h5-10H,4,11-13H2,1-3H3,(H,21,25). The minimum atomic E-state index is -0.648. The Balaban J connectivity index is 1.71. The number of nitrogens with zero attached hydrogens (tertiary/aromatic N) is 1. The predicted octanol–water partition coefficient (Wildman–Crippen LogP) is 2.55. The summed E-state index contributed by atoms with van der Waals surface area (Å²) < 4.78 is 4.95. The van der Waals surface area contributed by atoms with E-state index in [1.807, 2.05) is 37.3 Å². The Hall–Kier alpha value is -2.67. The van der Waals surface area contributed by atoms with E-state index in [2.05, 4.69) is 12.2 Å². The Kier molecular flexibility index (Phi) is 7.55. The Labute approximate surface area is 163 Å². The first kappa shape index (κ1) is 20.6. The molecule has 1 aromatic heterocycles. The van der Waals surface area contributed by atoms with Crippen LogP contribution in [-0.4, -0.2) is 42.9 Å². The van der Waals surface area contributed by atoms with Crippen molar-refractivity contribution in [2.45, 2.75) is 26.8 Å². The maximum absolute atomic E-state index is 12.1. The zero-order valence-corrected chi connectivity index (χ0v) is 16.6. The van der Waals surface area contributed by atoms with Crippen LogP contribution in [0.3, 0.4) is 0 Å². The quantitative estimate of drug-likeness (QED) is 0.705. The highest BCUT2D eigenvalue weighted by atomic mass is 32.1. The van der Waals surface area contributed by atoms with E-state index in [4.69, 9.17) is 4.74 Å². The number of benzene rings is 1. The fraction of sp³-hybridized carbons (Fsp3) is 0.350. The third-order valence-corrected chi connectivity index (χ3v) is 4.99. The molecule has 1 aromatic carbocycles. The molecule has 1 N–H and O–H groups in total. The van der Waals surface area contributed by atoms with Crippen molar-refractivity contribution in [3.8, 4) is 0 Å². The average molecular weight is 388 g/mol. The molecule has 0 saturated carbocycles. The van der Waals surface area contributed by atoms with Crippen LogP contribution in [-0.2, 0) is 27.3 Å². The monoisotopic (exact) mass is 388 g/mol. The van der Waals surface area contributed by atoms with Crippen LogP contribution in [0, 0.1) is 6.92 Å². The summed E-state index contributed by atoms with van der Waals surface area (Å²) in [6.45, 7) is 3.80. The van der Waals surface area contributed by atoms with Crippen LogP contribution in [0.15, 0.2) is 36.4 Å². The van der Waals surface area contributed by atoms with Crippen molar-refractivity contribution in [2.24, 2.45) is 0 Å². The normalized spacial score (nSPS) is 10.3. The number of amides is 2. The summed E-state index contributed by atoms with van der Waals surface area (Å²) in [4.78, 5) is 38.8. The van der Waals surface area contributed by atoms with Crippen LogP contribution in [0.2, 0.25) is 0 Å². The molecular formula is C20H24N2O4S. The van der Waals surface area contributed by atoms with E-state index in [9.17, 15) is 14.4 Å². The molecular weight excluding hydrogens is 364 g/mol. The van der Waals surface area contributed by atoms with Crippen LogP contribution in [0.1, 0.15) is 32.6 Å². The van der Waals surface area contributed by atoms with Gasteiger partial charge in [-0.3, -0.25) is 14.4 Å². The number of carbonyl (C=O) groups excluding carboxylic acids is 3. The lowest BCUT2D eigenvalue weighted by atomic mass is 10.1. The third-order valence-electron chi connectivity index (χ3n) is 3.99. The topological polar surface area (TPSA) is 75.7 Å². The van der Waals surface area contributed by atoms with Crippen molar-refractivity contribution in [1.82, 2.24) is 10.2 Å². The van der Waals surface area contributed by atoms with Gasteiger partial charge in [0, 0.05) is 18.5 Å². The van der Waals surface area contributed by atoms with Crippen molar-refractivity contribution in [3.63, 3.8) is 0 Å². The fourth-order valence-corrected chi connectivity index (χ4v) is 3.13. The molecule has 6 nitrogen and oxygen atoms in total. The molecule has 0 aliphatic heterocycles. The van der Waals surface area contributed by atoms with Gasteiger partial charge < -0.3 is 15.0 Å². The summed E-state index contributed by atoms with van der Waals surface area (Å²) in [7, 11) is 1.66.